The van der Waals surface area contributed by atoms with E-state index in [9.17, 15) is 13.2 Å². The molecule has 92 valence electrons. The fraction of sp³-hybridized carbons (Fsp3) is 0.300. The summed E-state index contributed by atoms with van der Waals surface area (Å²) >= 11 is 0. The Bertz CT molecular complexity index is 552. The molecule has 1 rings (SSSR count). The Balaban J connectivity index is 2.97. The Morgan fingerprint density at radius 1 is 1.53 bits per heavy atom. The molecule has 0 aliphatic rings. The highest BCUT2D eigenvalue weighted by Gasteiger charge is 2.09. The number of rotatable bonds is 4. The van der Waals surface area contributed by atoms with E-state index in [1.54, 1.807) is 13.0 Å². The SMILES string of the molecule is C[C@H](/C=C/S(C)(=O)=O)c1ccnc(C(N)=O)n1. The molecular weight excluding hydrogens is 242 g/mol. The van der Waals surface area contributed by atoms with Crippen LogP contribution < -0.4 is 5.73 Å². The third kappa shape index (κ3) is 4.31. The van der Waals surface area contributed by atoms with Gasteiger partial charge < -0.3 is 5.73 Å². The molecule has 0 radical (unpaired) electrons. The summed E-state index contributed by atoms with van der Waals surface area (Å²) < 4.78 is 21.9. The lowest BCUT2D eigenvalue weighted by Gasteiger charge is -2.05. The summed E-state index contributed by atoms with van der Waals surface area (Å²) in [6.45, 7) is 1.76. The van der Waals surface area contributed by atoms with Crippen molar-refractivity contribution in [3.8, 4) is 0 Å². The second-order valence-electron chi connectivity index (χ2n) is 3.62. The van der Waals surface area contributed by atoms with Gasteiger partial charge in [-0.1, -0.05) is 13.0 Å². The number of nitrogens with two attached hydrogens (primary N) is 1. The number of allylic oxidation sites excluding steroid dienone is 1. The first-order valence-electron chi connectivity index (χ1n) is 4.80. The summed E-state index contributed by atoms with van der Waals surface area (Å²) in [6.07, 6.45) is 4.00. The van der Waals surface area contributed by atoms with Crippen molar-refractivity contribution in [2.75, 3.05) is 6.26 Å². The summed E-state index contributed by atoms with van der Waals surface area (Å²) in [6, 6.07) is 1.60. The molecule has 0 saturated heterocycles. The van der Waals surface area contributed by atoms with E-state index in [2.05, 4.69) is 9.97 Å². The molecule has 7 heteroatoms. The number of sulfone groups is 1. The predicted octanol–water partition coefficient (Wildman–Crippen LogP) is 0.237. The number of nitrogens with zero attached hydrogens (tertiary/aromatic N) is 2. The largest absolute Gasteiger partial charge is 0.363 e. The maximum Gasteiger partial charge on any atom is 0.286 e. The number of primary amides is 1. The second-order valence-corrected chi connectivity index (χ2v) is 5.55. The Kier molecular flexibility index (Phi) is 3.95. The highest BCUT2D eigenvalue weighted by Crippen LogP contribution is 2.14. The second kappa shape index (κ2) is 5.05. The Hall–Kier alpha value is -1.76. The average Bonchev–Trinajstić information content (AvgIpc) is 2.25. The minimum atomic E-state index is -3.17. The van der Waals surface area contributed by atoms with Gasteiger partial charge in [0.05, 0.1) is 5.69 Å². The number of carbonyl (C=O) groups is 1. The van der Waals surface area contributed by atoms with Crippen LogP contribution in [-0.2, 0) is 9.84 Å². The topological polar surface area (TPSA) is 103 Å². The zero-order valence-electron chi connectivity index (χ0n) is 9.49. The molecular formula is C10H13N3O3S. The zero-order chi connectivity index (χ0) is 13.1. The Labute approximate surface area is 99.5 Å². The maximum atomic E-state index is 10.9. The number of aromatic nitrogens is 2. The van der Waals surface area contributed by atoms with Crippen molar-refractivity contribution in [2.24, 2.45) is 5.73 Å². The van der Waals surface area contributed by atoms with Gasteiger partial charge in [0.25, 0.3) is 5.91 Å². The van der Waals surface area contributed by atoms with E-state index in [0.29, 0.717) is 5.69 Å². The molecule has 0 saturated carbocycles. The maximum absolute atomic E-state index is 10.9. The van der Waals surface area contributed by atoms with E-state index in [1.165, 1.54) is 12.3 Å². The van der Waals surface area contributed by atoms with E-state index in [4.69, 9.17) is 5.73 Å². The first-order chi connectivity index (χ1) is 7.79. The van der Waals surface area contributed by atoms with Crippen molar-refractivity contribution < 1.29 is 13.2 Å². The van der Waals surface area contributed by atoms with Gasteiger partial charge in [-0.2, -0.15) is 0 Å². The molecule has 0 aliphatic carbocycles. The van der Waals surface area contributed by atoms with Crippen LogP contribution in [0.3, 0.4) is 0 Å². The summed E-state index contributed by atoms with van der Waals surface area (Å²) in [4.78, 5) is 18.5. The average molecular weight is 255 g/mol. The van der Waals surface area contributed by atoms with Gasteiger partial charge in [0.1, 0.15) is 0 Å². The number of hydrogen-bond acceptors (Lipinski definition) is 5. The van der Waals surface area contributed by atoms with Crippen LogP contribution in [0.2, 0.25) is 0 Å². The predicted molar refractivity (Wildman–Crippen MR) is 62.9 cm³/mol. The van der Waals surface area contributed by atoms with E-state index in [-0.39, 0.29) is 11.7 Å². The van der Waals surface area contributed by atoms with Gasteiger partial charge in [-0.3, -0.25) is 4.79 Å². The van der Waals surface area contributed by atoms with Gasteiger partial charge in [0.2, 0.25) is 5.82 Å². The van der Waals surface area contributed by atoms with Crippen LogP contribution in [0.25, 0.3) is 0 Å². The lowest BCUT2D eigenvalue weighted by atomic mass is 10.1. The van der Waals surface area contributed by atoms with Gasteiger partial charge >= 0.3 is 0 Å². The van der Waals surface area contributed by atoms with Crippen LogP contribution in [0, 0.1) is 0 Å². The van der Waals surface area contributed by atoms with Gasteiger partial charge in [0, 0.05) is 23.8 Å². The molecule has 1 atom stereocenters. The van der Waals surface area contributed by atoms with E-state index < -0.39 is 15.7 Å². The fourth-order valence-corrected chi connectivity index (χ4v) is 1.63. The molecule has 0 fully saturated rings. The quantitative estimate of drug-likeness (QED) is 0.829. The molecule has 0 aliphatic heterocycles. The highest BCUT2D eigenvalue weighted by molar-refractivity contribution is 7.93. The van der Waals surface area contributed by atoms with Crippen molar-refractivity contribution in [1.82, 2.24) is 9.97 Å². The van der Waals surface area contributed by atoms with Crippen molar-refractivity contribution in [3.63, 3.8) is 0 Å². The molecule has 1 heterocycles. The summed E-state index contributed by atoms with van der Waals surface area (Å²) in [5.74, 6) is -1.04. The van der Waals surface area contributed by atoms with Crippen molar-refractivity contribution >= 4 is 15.7 Å². The molecule has 17 heavy (non-hydrogen) atoms. The summed E-state index contributed by atoms with van der Waals surface area (Å²) in [5, 5.41) is 1.10. The highest BCUT2D eigenvalue weighted by atomic mass is 32.2. The first-order valence-corrected chi connectivity index (χ1v) is 6.76. The molecule has 0 unspecified atom stereocenters. The Morgan fingerprint density at radius 2 is 2.18 bits per heavy atom. The molecule has 0 bridgehead atoms. The number of amides is 1. The van der Waals surface area contributed by atoms with Crippen molar-refractivity contribution in [2.45, 2.75) is 12.8 Å². The summed E-state index contributed by atoms with van der Waals surface area (Å²) in [7, 11) is -3.17. The molecule has 2 N–H and O–H groups in total. The van der Waals surface area contributed by atoms with Crippen LogP contribution in [0.1, 0.15) is 29.2 Å². The van der Waals surface area contributed by atoms with E-state index >= 15 is 0 Å². The van der Waals surface area contributed by atoms with Gasteiger partial charge in [-0.05, 0) is 6.07 Å². The normalized spacial score (nSPS) is 13.8. The van der Waals surface area contributed by atoms with Crippen molar-refractivity contribution in [3.05, 3.63) is 35.3 Å². The minimum absolute atomic E-state index is 0.0814. The van der Waals surface area contributed by atoms with Crippen LogP contribution in [0.5, 0.6) is 0 Å². The van der Waals surface area contributed by atoms with Gasteiger partial charge in [-0.15, -0.1) is 0 Å². The summed E-state index contributed by atoms with van der Waals surface area (Å²) in [5.41, 5.74) is 5.58. The van der Waals surface area contributed by atoms with Gasteiger partial charge in [-0.25, -0.2) is 18.4 Å². The van der Waals surface area contributed by atoms with Crippen molar-refractivity contribution in [1.29, 1.82) is 0 Å². The third-order valence-corrected chi connectivity index (χ3v) is 2.63. The van der Waals surface area contributed by atoms with Gasteiger partial charge in [0.15, 0.2) is 9.84 Å². The van der Waals surface area contributed by atoms with Crippen LogP contribution in [-0.4, -0.2) is 30.5 Å². The third-order valence-electron chi connectivity index (χ3n) is 1.98. The standard InChI is InChI=1S/C10H13N3O3S/c1-7(4-6-17(2,15)16)8-3-5-12-10(13-8)9(11)14/h3-7H,1-2H3,(H2,11,14)/b6-4+/t7-/m1/s1. The zero-order valence-corrected chi connectivity index (χ0v) is 10.3. The first kappa shape index (κ1) is 13.3. The minimum Gasteiger partial charge on any atom is -0.363 e. The molecule has 1 aromatic heterocycles. The smallest absolute Gasteiger partial charge is 0.286 e. The monoisotopic (exact) mass is 255 g/mol. The molecule has 1 amide bonds. The van der Waals surface area contributed by atoms with Crippen LogP contribution in [0.15, 0.2) is 23.7 Å². The van der Waals surface area contributed by atoms with E-state index in [1.807, 2.05) is 0 Å². The number of carbonyl (C=O) groups excluding carboxylic acids is 1. The Morgan fingerprint density at radius 3 is 2.71 bits per heavy atom. The van der Waals surface area contributed by atoms with Crippen LogP contribution in [0.4, 0.5) is 0 Å². The molecule has 0 spiro atoms. The number of hydrogen-bond donors (Lipinski definition) is 1. The molecule has 1 aromatic rings. The molecule has 0 aromatic carbocycles. The van der Waals surface area contributed by atoms with E-state index in [0.717, 1.165) is 11.7 Å². The molecule has 6 nitrogen and oxygen atoms in total. The fourth-order valence-electron chi connectivity index (χ4n) is 1.10. The van der Waals surface area contributed by atoms with Crippen LogP contribution >= 0.6 is 0 Å². The lowest BCUT2D eigenvalue weighted by molar-refractivity contribution is 0.0990. The lowest BCUT2D eigenvalue weighted by Crippen LogP contribution is -2.16.